The molecule has 3 aromatic heterocycles. The molecule has 0 atom stereocenters. The highest BCUT2D eigenvalue weighted by Gasteiger charge is 2.17. The number of nitrogens with zero attached hydrogens (tertiary/aromatic N) is 2. The molecule has 0 unspecified atom stereocenters. The van der Waals surface area contributed by atoms with E-state index < -0.39 is 5.97 Å². The molecule has 1 aromatic carbocycles. The summed E-state index contributed by atoms with van der Waals surface area (Å²) in [5.41, 5.74) is 1.75. The van der Waals surface area contributed by atoms with Crippen molar-refractivity contribution in [2.24, 2.45) is 0 Å². The molecule has 0 spiro atoms. The van der Waals surface area contributed by atoms with Gasteiger partial charge in [-0.05, 0) is 24.3 Å². The second kappa shape index (κ2) is 5.81. The molecule has 0 saturated carbocycles. The average Bonchev–Trinajstić information content (AvgIpc) is 3.27. The molecule has 0 amide bonds. The normalized spacial score (nSPS) is 11.2. The number of aromatic carboxylic acids is 1. The number of carbonyl (C=O) groups is 1. The van der Waals surface area contributed by atoms with Crippen LogP contribution in [-0.2, 0) is 6.54 Å². The molecular formula is C17H11ClN2O3S. The van der Waals surface area contributed by atoms with Crippen LogP contribution in [0.2, 0.25) is 4.34 Å². The minimum atomic E-state index is -0.976. The van der Waals surface area contributed by atoms with E-state index in [0.29, 0.717) is 22.3 Å². The molecule has 0 aliphatic carbocycles. The van der Waals surface area contributed by atoms with Crippen molar-refractivity contribution >= 4 is 39.8 Å². The minimum absolute atomic E-state index is 0.216. The summed E-state index contributed by atoms with van der Waals surface area (Å²) in [4.78, 5) is 12.4. The Morgan fingerprint density at radius 1 is 1.25 bits per heavy atom. The predicted octanol–water partition coefficient (Wildman–Crippen LogP) is 4.76. The summed E-state index contributed by atoms with van der Waals surface area (Å²) in [5.74, 6) is -0.394. The first-order chi connectivity index (χ1) is 11.6. The van der Waals surface area contributed by atoms with E-state index >= 15 is 0 Å². The summed E-state index contributed by atoms with van der Waals surface area (Å²) in [6.07, 6.45) is 0. The van der Waals surface area contributed by atoms with E-state index in [1.54, 1.807) is 16.7 Å². The molecule has 0 radical (unpaired) electrons. The third-order valence-electron chi connectivity index (χ3n) is 3.73. The van der Waals surface area contributed by atoms with Gasteiger partial charge in [-0.25, -0.2) is 4.79 Å². The van der Waals surface area contributed by atoms with Crippen molar-refractivity contribution in [3.05, 3.63) is 64.3 Å². The number of carboxylic acids is 1. The Hall–Kier alpha value is -2.57. The van der Waals surface area contributed by atoms with Gasteiger partial charge in [-0.2, -0.15) is 0 Å². The zero-order valence-electron chi connectivity index (χ0n) is 12.3. The lowest BCUT2D eigenvalue weighted by molar-refractivity contribution is 0.0686. The van der Waals surface area contributed by atoms with E-state index in [1.165, 1.54) is 11.3 Å². The van der Waals surface area contributed by atoms with Crippen LogP contribution in [-0.4, -0.2) is 20.8 Å². The third-order valence-corrected chi connectivity index (χ3v) is 4.98. The molecule has 7 heteroatoms. The van der Waals surface area contributed by atoms with Gasteiger partial charge >= 0.3 is 5.97 Å². The van der Waals surface area contributed by atoms with Crippen molar-refractivity contribution in [2.45, 2.75) is 6.54 Å². The number of thiophene rings is 1. The second-order valence-corrected chi connectivity index (χ2v) is 6.98. The number of aromatic nitrogens is 2. The van der Waals surface area contributed by atoms with Gasteiger partial charge in [-0.3, -0.25) is 0 Å². The summed E-state index contributed by atoms with van der Waals surface area (Å²) >= 11 is 7.36. The monoisotopic (exact) mass is 358 g/mol. The zero-order valence-corrected chi connectivity index (χ0v) is 13.8. The Bertz CT molecular complexity index is 1050. The van der Waals surface area contributed by atoms with Crippen LogP contribution in [0.5, 0.6) is 0 Å². The number of halogens is 1. The van der Waals surface area contributed by atoms with E-state index in [2.05, 4.69) is 5.16 Å². The zero-order chi connectivity index (χ0) is 16.7. The number of carboxylic acid groups (broad SMARTS) is 1. The van der Waals surface area contributed by atoms with Crippen molar-refractivity contribution in [3.63, 3.8) is 0 Å². The number of hydrogen-bond acceptors (Lipinski definition) is 4. The smallest absolute Gasteiger partial charge is 0.352 e. The minimum Gasteiger partial charge on any atom is -0.477 e. The molecule has 0 fully saturated rings. The van der Waals surface area contributed by atoms with Crippen molar-refractivity contribution in [1.82, 2.24) is 9.72 Å². The Kier molecular flexibility index (Phi) is 3.63. The predicted molar refractivity (Wildman–Crippen MR) is 92.8 cm³/mol. The lowest BCUT2D eigenvalue weighted by Gasteiger charge is -2.05. The number of rotatable bonds is 4. The second-order valence-electron chi connectivity index (χ2n) is 5.26. The van der Waals surface area contributed by atoms with Crippen LogP contribution in [0.3, 0.4) is 0 Å². The van der Waals surface area contributed by atoms with Gasteiger partial charge in [0.25, 0.3) is 0 Å². The molecule has 0 saturated heterocycles. The number of para-hydroxylation sites is 1. The quantitative estimate of drug-likeness (QED) is 0.571. The first kappa shape index (κ1) is 15.0. The molecule has 5 nitrogen and oxygen atoms in total. The maximum atomic E-state index is 11.5. The summed E-state index contributed by atoms with van der Waals surface area (Å²) in [5, 5.41) is 14.4. The van der Waals surface area contributed by atoms with Gasteiger partial charge < -0.3 is 14.2 Å². The van der Waals surface area contributed by atoms with Crippen molar-refractivity contribution < 1.29 is 14.4 Å². The van der Waals surface area contributed by atoms with Gasteiger partial charge in [-0.15, -0.1) is 11.3 Å². The van der Waals surface area contributed by atoms with Crippen LogP contribution < -0.4 is 0 Å². The van der Waals surface area contributed by atoms with Crippen LogP contribution in [0.15, 0.2) is 53.1 Å². The Morgan fingerprint density at radius 2 is 2.08 bits per heavy atom. The van der Waals surface area contributed by atoms with Crippen LogP contribution in [0.1, 0.15) is 16.2 Å². The fraction of sp³-hybridized carbons (Fsp3) is 0.0588. The van der Waals surface area contributed by atoms with E-state index in [4.69, 9.17) is 16.1 Å². The largest absolute Gasteiger partial charge is 0.477 e. The molecule has 1 N–H and O–H groups in total. The fourth-order valence-electron chi connectivity index (χ4n) is 2.67. The Balaban J connectivity index is 1.73. The maximum absolute atomic E-state index is 11.5. The third kappa shape index (κ3) is 2.60. The number of benzene rings is 1. The summed E-state index contributed by atoms with van der Waals surface area (Å²) in [7, 11) is 0. The van der Waals surface area contributed by atoms with Gasteiger partial charge in [0.2, 0.25) is 0 Å². The molecule has 4 aromatic rings. The Morgan fingerprint density at radius 3 is 2.83 bits per heavy atom. The number of fused-ring (bicyclic) bond motifs is 1. The molecule has 0 aliphatic rings. The van der Waals surface area contributed by atoms with Gasteiger partial charge in [-0.1, -0.05) is 35.0 Å². The van der Waals surface area contributed by atoms with Crippen molar-refractivity contribution in [1.29, 1.82) is 0 Å². The van der Waals surface area contributed by atoms with Crippen LogP contribution in [0.25, 0.3) is 21.5 Å². The first-order valence-corrected chi connectivity index (χ1v) is 8.34. The lowest BCUT2D eigenvalue weighted by atomic mass is 10.2. The van der Waals surface area contributed by atoms with E-state index in [1.807, 2.05) is 36.4 Å². The summed E-state index contributed by atoms with van der Waals surface area (Å²) < 4.78 is 7.78. The van der Waals surface area contributed by atoms with Crippen LogP contribution in [0, 0.1) is 0 Å². The van der Waals surface area contributed by atoms with E-state index in [9.17, 15) is 9.90 Å². The highest BCUT2D eigenvalue weighted by Crippen LogP contribution is 2.31. The molecule has 120 valence electrons. The van der Waals surface area contributed by atoms with Crippen LogP contribution in [0.4, 0.5) is 0 Å². The van der Waals surface area contributed by atoms with Gasteiger partial charge in [0.15, 0.2) is 5.76 Å². The molecule has 24 heavy (non-hydrogen) atoms. The fourth-order valence-corrected chi connectivity index (χ4v) is 3.66. The van der Waals surface area contributed by atoms with Gasteiger partial charge in [0.1, 0.15) is 11.4 Å². The lowest BCUT2D eigenvalue weighted by Crippen LogP contribution is -2.08. The number of hydrogen-bond donors (Lipinski definition) is 1. The maximum Gasteiger partial charge on any atom is 0.352 e. The van der Waals surface area contributed by atoms with Crippen molar-refractivity contribution in [2.75, 3.05) is 0 Å². The molecule has 3 heterocycles. The van der Waals surface area contributed by atoms with Crippen LogP contribution >= 0.6 is 22.9 Å². The molecule has 4 rings (SSSR count). The highest BCUT2D eigenvalue weighted by molar-refractivity contribution is 7.19. The SMILES string of the molecule is O=C(O)c1cc2ccccc2n1Cc1cc(-c2ccc(Cl)s2)no1. The molecular weight excluding hydrogens is 348 g/mol. The van der Waals surface area contributed by atoms with Gasteiger partial charge in [0, 0.05) is 17.0 Å². The summed E-state index contributed by atoms with van der Waals surface area (Å²) in [6, 6.07) is 14.7. The summed E-state index contributed by atoms with van der Waals surface area (Å²) in [6.45, 7) is 0.293. The standard InChI is InChI=1S/C17H11ClN2O3S/c18-16-6-5-15(24-16)12-8-11(23-19-12)9-20-13-4-2-1-3-10(13)7-14(20)17(21)22/h1-8H,9H2,(H,21,22). The Labute approximate surface area is 145 Å². The molecule has 0 aliphatic heterocycles. The topological polar surface area (TPSA) is 68.3 Å². The van der Waals surface area contributed by atoms with Crippen molar-refractivity contribution in [3.8, 4) is 10.6 Å². The molecule has 0 bridgehead atoms. The van der Waals surface area contributed by atoms with E-state index in [-0.39, 0.29) is 5.69 Å². The average molecular weight is 359 g/mol. The van der Waals surface area contributed by atoms with E-state index in [0.717, 1.165) is 15.8 Å². The first-order valence-electron chi connectivity index (χ1n) is 7.14. The highest BCUT2D eigenvalue weighted by atomic mass is 35.5. The van der Waals surface area contributed by atoms with Gasteiger partial charge in [0.05, 0.1) is 15.8 Å².